The van der Waals surface area contributed by atoms with Gasteiger partial charge in [-0.25, -0.2) is 0 Å². The number of nitrogens with one attached hydrogen (secondary N) is 1. The van der Waals surface area contributed by atoms with Gasteiger partial charge < -0.3 is 10.4 Å². The second-order valence-corrected chi connectivity index (χ2v) is 3.85. The third-order valence-corrected chi connectivity index (χ3v) is 2.48. The van der Waals surface area contributed by atoms with Crippen LogP contribution in [0, 0.1) is 11.3 Å². The van der Waals surface area contributed by atoms with E-state index in [1.54, 1.807) is 12.1 Å². The summed E-state index contributed by atoms with van der Waals surface area (Å²) in [7, 11) is 0. The Morgan fingerprint density at radius 2 is 2.12 bits per heavy atom. The van der Waals surface area contributed by atoms with Crippen molar-refractivity contribution in [1.82, 2.24) is 5.32 Å². The summed E-state index contributed by atoms with van der Waals surface area (Å²) in [6.45, 7) is 1.91. The van der Waals surface area contributed by atoms with E-state index in [1.165, 1.54) is 0 Å². The van der Waals surface area contributed by atoms with E-state index in [9.17, 15) is 4.79 Å². The van der Waals surface area contributed by atoms with Crippen molar-refractivity contribution >= 4 is 5.91 Å². The van der Waals surface area contributed by atoms with Crippen LogP contribution in [-0.2, 0) is 4.79 Å². The van der Waals surface area contributed by atoms with Gasteiger partial charge in [-0.1, -0.05) is 12.1 Å². The highest BCUT2D eigenvalue weighted by Crippen LogP contribution is 2.13. The molecule has 1 aromatic rings. The molecule has 1 atom stereocenters. The predicted octanol–water partition coefficient (Wildman–Crippen LogP) is 1.51. The minimum absolute atomic E-state index is 0.0265. The van der Waals surface area contributed by atoms with E-state index >= 15 is 0 Å². The summed E-state index contributed by atoms with van der Waals surface area (Å²) in [5, 5.41) is 20.1. The predicted molar refractivity (Wildman–Crippen MR) is 64.0 cm³/mol. The van der Waals surface area contributed by atoms with Crippen molar-refractivity contribution in [2.24, 2.45) is 0 Å². The zero-order chi connectivity index (χ0) is 12.7. The van der Waals surface area contributed by atoms with E-state index in [-0.39, 0.29) is 18.6 Å². The molecule has 1 unspecified atom stereocenters. The molecule has 17 heavy (non-hydrogen) atoms. The summed E-state index contributed by atoms with van der Waals surface area (Å²) in [4.78, 5) is 11.4. The Morgan fingerprint density at radius 1 is 1.47 bits per heavy atom. The summed E-state index contributed by atoms with van der Waals surface area (Å²) in [5.74, 6) is -0.0732. The molecular weight excluding hydrogens is 216 g/mol. The lowest BCUT2D eigenvalue weighted by Crippen LogP contribution is -2.26. The van der Waals surface area contributed by atoms with Gasteiger partial charge in [-0.15, -0.1) is 0 Å². The smallest absolute Gasteiger partial charge is 0.220 e. The average Bonchev–Trinajstić information content (AvgIpc) is 2.36. The summed E-state index contributed by atoms with van der Waals surface area (Å²) in [5.41, 5.74) is 1.56. The molecule has 0 spiro atoms. The first kappa shape index (κ1) is 13.2. The number of aliphatic hydroxyl groups excluding tert-OH is 1. The summed E-state index contributed by atoms with van der Waals surface area (Å²) < 4.78 is 0. The van der Waals surface area contributed by atoms with Gasteiger partial charge in [-0.3, -0.25) is 4.79 Å². The highest BCUT2D eigenvalue weighted by molar-refractivity contribution is 5.76. The monoisotopic (exact) mass is 232 g/mol. The second-order valence-electron chi connectivity index (χ2n) is 3.85. The molecule has 90 valence electrons. The number of hydrogen-bond donors (Lipinski definition) is 2. The number of nitriles is 1. The van der Waals surface area contributed by atoms with E-state index in [1.807, 2.05) is 25.1 Å². The molecule has 0 aliphatic heterocycles. The molecule has 0 aromatic heterocycles. The Hall–Kier alpha value is -1.86. The maximum atomic E-state index is 11.4. The van der Waals surface area contributed by atoms with Crippen molar-refractivity contribution in [2.75, 3.05) is 6.61 Å². The molecule has 0 fully saturated rings. The second kappa shape index (κ2) is 6.66. The van der Waals surface area contributed by atoms with E-state index in [2.05, 4.69) is 5.32 Å². The molecule has 2 N–H and O–H groups in total. The highest BCUT2D eigenvalue weighted by atomic mass is 16.3. The van der Waals surface area contributed by atoms with E-state index in [4.69, 9.17) is 10.4 Å². The van der Waals surface area contributed by atoms with E-state index in [0.29, 0.717) is 18.4 Å². The van der Waals surface area contributed by atoms with Crippen molar-refractivity contribution < 1.29 is 9.90 Å². The van der Waals surface area contributed by atoms with Crippen LogP contribution in [0.25, 0.3) is 0 Å². The van der Waals surface area contributed by atoms with E-state index < -0.39 is 0 Å². The Morgan fingerprint density at radius 3 is 2.65 bits per heavy atom. The largest absolute Gasteiger partial charge is 0.396 e. The molecule has 1 amide bonds. The number of benzene rings is 1. The molecule has 4 heteroatoms. The Balaban J connectivity index is 2.54. The van der Waals surface area contributed by atoms with Crippen LogP contribution in [0.5, 0.6) is 0 Å². The fourth-order valence-electron chi connectivity index (χ4n) is 1.48. The Bertz CT molecular complexity index is 406. The highest BCUT2D eigenvalue weighted by Gasteiger charge is 2.08. The van der Waals surface area contributed by atoms with Crippen LogP contribution in [0.3, 0.4) is 0 Å². The lowest BCUT2D eigenvalue weighted by molar-refractivity contribution is -0.122. The van der Waals surface area contributed by atoms with E-state index in [0.717, 1.165) is 5.56 Å². The van der Waals surface area contributed by atoms with Crippen molar-refractivity contribution in [1.29, 1.82) is 5.26 Å². The molecular formula is C13H16N2O2. The lowest BCUT2D eigenvalue weighted by Gasteiger charge is -2.14. The molecule has 0 saturated heterocycles. The van der Waals surface area contributed by atoms with Gasteiger partial charge in [-0.2, -0.15) is 5.26 Å². The average molecular weight is 232 g/mol. The van der Waals surface area contributed by atoms with Crippen LogP contribution in [0.15, 0.2) is 24.3 Å². The van der Waals surface area contributed by atoms with Gasteiger partial charge in [0, 0.05) is 13.0 Å². The molecule has 0 radical (unpaired) electrons. The summed E-state index contributed by atoms with van der Waals surface area (Å²) in [6.07, 6.45) is 0.809. The zero-order valence-corrected chi connectivity index (χ0v) is 9.81. The third kappa shape index (κ3) is 4.25. The minimum Gasteiger partial charge on any atom is -0.396 e. The van der Waals surface area contributed by atoms with Gasteiger partial charge in [0.15, 0.2) is 0 Å². The van der Waals surface area contributed by atoms with Crippen molar-refractivity contribution in [3.8, 4) is 6.07 Å². The summed E-state index contributed by atoms with van der Waals surface area (Å²) >= 11 is 0. The Kier molecular flexibility index (Phi) is 5.18. The third-order valence-electron chi connectivity index (χ3n) is 2.48. The number of aliphatic hydroxyl groups is 1. The van der Waals surface area contributed by atoms with Crippen LogP contribution in [0.4, 0.5) is 0 Å². The first-order valence-corrected chi connectivity index (χ1v) is 5.57. The van der Waals surface area contributed by atoms with Crippen LogP contribution >= 0.6 is 0 Å². The molecule has 0 aliphatic carbocycles. The molecule has 0 aliphatic rings. The van der Waals surface area contributed by atoms with Gasteiger partial charge in [0.1, 0.15) is 0 Å². The maximum absolute atomic E-state index is 11.4. The van der Waals surface area contributed by atoms with Crippen LogP contribution < -0.4 is 5.32 Å². The maximum Gasteiger partial charge on any atom is 0.220 e. The lowest BCUT2D eigenvalue weighted by atomic mass is 10.1. The molecule has 0 bridgehead atoms. The van der Waals surface area contributed by atoms with Crippen LogP contribution in [0.2, 0.25) is 0 Å². The van der Waals surface area contributed by atoms with Gasteiger partial charge in [-0.05, 0) is 31.0 Å². The van der Waals surface area contributed by atoms with Gasteiger partial charge in [0.25, 0.3) is 0 Å². The molecule has 1 rings (SSSR count). The quantitative estimate of drug-likeness (QED) is 0.808. The number of rotatable bonds is 5. The minimum atomic E-state index is -0.0889. The normalized spacial score (nSPS) is 11.6. The SMILES string of the molecule is CC(NC(=O)CCCO)c1ccc(C#N)cc1. The number of nitrogens with zero attached hydrogens (tertiary/aromatic N) is 1. The van der Waals surface area contributed by atoms with Crippen LogP contribution in [-0.4, -0.2) is 17.6 Å². The first-order valence-electron chi connectivity index (χ1n) is 5.57. The molecule has 0 saturated carbocycles. The number of carbonyl (C=O) groups is 1. The fourth-order valence-corrected chi connectivity index (χ4v) is 1.48. The van der Waals surface area contributed by atoms with Crippen molar-refractivity contribution in [3.63, 3.8) is 0 Å². The number of hydrogen-bond acceptors (Lipinski definition) is 3. The summed E-state index contributed by atoms with van der Waals surface area (Å²) in [6, 6.07) is 9.07. The molecule has 0 heterocycles. The van der Waals surface area contributed by atoms with Gasteiger partial charge in [0.2, 0.25) is 5.91 Å². The topological polar surface area (TPSA) is 73.1 Å². The molecule has 1 aromatic carbocycles. The number of amides is 1. The van der Waals surface area contributed by atoms with Crippen molar-refractivity contribution in [3.05, 3.63) is 35.4 Å². The van der Waals surface area contributed by atoms with Gasteiger partial charge >= 0.3 is 0 Å². The van der Waals surface area contributed by atoms with Gasteiger partial charge in [0.05, 0.1) is 17.7 Å². The Labute approximate surface area is 101 Å². The first-order chi connectivity index (χ1) is 8.17. The number of carbonyl (C=O) groups excluding carboxylic acids is 1. The van der Waals surface area contributed by atoms with Crippen LogP contribution in [0.1, 0.15) is 36.9 Å². The zero-order valence-electron chi connectivity index (χ0n) is 9.81. The standard InChI is InChI=1S/C13H16N2O2/c1-10(15-13(17)3-2-8-16)12-6-4-11(9-14)5-7-12/h4-7,10,16H,2-3,8H2,1H3,(H,15,17). The fraction of sp³-hybridized carbons (Fsp3) is 0.385. The van der Waals surface area contributed by atoms with Crippen molar-refractivity contribution in [2.45, 2.75) is 25.8 Å². The molecule has 4 nitrogen and oxygen atoms in total.